The number of rotatable bonds is 7. The monoisotopic (exact) mass is 420 g/mol. The third-order valence-corrected chi connectivity index (χ3v) is 6.07. The fraction of sp³-hybridized carbons (Fsp3) is 0.409. The maximum atomic E-state index is 11.0. The van der Waals surface area contributed by atoms with Crippen molar-refractivity contribution in [3.63, 3.8) is 0 Å². The van der Waals surface area contributed by atoms with Crippen molar-refractivity contribution in [1.82, 2.24) is 4.90 Å². The number of hydrogen-bond donors (Lipinski definition) is 2. The molecule has 0 aliphatic carbocycles. The van der Waals surface area contributed by atoms with Gasteiger partial charge in [-0.3, -0.25) is 9.69 Å². The van der Waals surface area contributed by atoms with Crippen LogP contribution in [0.25, 0.3) is 0 Å². The van der Waals surface area contributed by atoms with Gasteiger partial charge in [-0.15, -0.1) is 0 Å². The van der Waals surface area contributed by atoms with Crippen molar-refractivity contribution in [3.8, 4) is 0 Å². The first-order chi connectivity index (χ1) is 13.2. The summed E-state index contributed by atoms with van der Waals surface area (Å²) in [6.45, 7) is 8.19. The Bertz CT molecular complexity index is 864. The number of aliphatic carboxylic acids is 1. The largest absolute Gasteiger partial charge is 0.481 e. The molecule has 1 saturated heterocycles. The van der Waals surface area contributed by atoms with Crippen LogP contribution in [0.15, 0.2) is 36.4 Å². The van der Waals surface area contributed by atoms with Gasteiger partial charge in [0.25, 0.3) is 0 Å². The minimum Gasteiger partial charge on any atom is -0.481 e. The predicted molar refractivity (Wildman–Crippen MR) is 115 cm³/mol. The van der Waals surface area contributed by atoms with E-state index >= 15 is 0 Å². The van der Waals surface area contributed by atoms with Crippen molar-refractivity contribution in [3.05, 3.63) is 63.1 Å². The molecule has 3 rings (SSSR count). The summed E-state index contributed by atoms with van der Waals surface area (Å²) < 4.78 is 0. The summed E-state index contributed by atoms with van der Waals surface area (Å²) in [5, 5.41) is 14.1. The molecule has 4 nitrogen and oxygen atoms in total. The fourth-order valence-corrected chi connectivity index (χ4v) is 3.85. The van der Waals surface area contributed by atoms with Gasteiger partial charge in [0.1, 0.15) is 0 Å². The van der Waals surface area contributed by atoms with Crippen LogP contribution in [0.2, 0.25) is 10.0 Å². The van der Waals surface area contributed by atoms with Gasteiger partial charge in [-0.25, -0.2) is 0 Å². The average Bonchev–Trinajstić information content (AvgIpc) is 2.59. The molecular weight excluding hydrogens is 395 g/mol. The highest BCUT2D eigenvalue weighted by Gasteiger charge is 2.32. The second-order valence-electron chi connectivity index (χ2n) is 7.91. The summed E-state index contributed by atoms with van der Waals surface area (Å²) in [6.07, 6.45) is 0. The Balaban J connectivity index is 1.75. The lowest BCUT2D eigenvalue weighted by Crippen LogP contribution is -2.49. The van der Waals surface area contributed by atoms with Crippen molar-refractivity contribution >= 4 is 34.9 Å². The van der Waals surface area contributed by atoms with E-state index in [1.165, 1.54) is 5.56 Å². The highest BCUT2D eigenvalue weighted by atomic mass is 35.5. The molecular formula is C22H26Cl2N2O2. The second-order valence-corrected chi connectivity index (χ2v) is 8.72. The van der Waals surface area contributed by atoms with Gasteiger partial charge in [0, 0.05) is 35.4 Å². The number of nitrogens with zero attached hydrogens (tertiary/aromatic N) is 1. The summed E-state index contributed by atoms with van der Waals surface area (Å²) in [4.78, 5) is 13.1. The van der Waals surface area contributed by atoms with Crippen LogP contribution in [0.4, 0.5) is 5.69 Å². The molecule has 0 saturated carbocycles. The van der Waals surface area contributed by atoms with E-state index in [9.17, 15) is 4.79 Å². The fourth-order valence-electron chi connectivity index (χ4n) is 3.56. The lowest BCUT2D eigenvalue weighted by atomic mass is 9.94. The molecule has 1 aliphatic rings. The van der Waals surface area contributed by atoms with Crippen LogP contribution >= 0.6 is 23.2 Å². The van der Waals surface area contributed by atoms with Crippen molar-refractivity contribution in [2.45, 2.75) is 33.4 Å². The zero-order valence-corrected chi connectivity index (χ0v) is 17.9. The first kappa shape index (κ1) is 21.0. The summed E-state index contributed by atoms with van der Waals surface area (Å²) in [5.74, 6) is -0.610. The molecule has 1 heterocycles. The van der Waals surface area contributed by atoms with E-state index in [0.717, 1.165) is 21.8 Å². The van der Waals surface area contributed by atoms with Crippen molar-refractivity contribution in [2.24, 2.45) is 11.8 Å². The van der Waals surface area contributed by atoms with E-state index in [4.69, 9.17) is 28.3 Å². The molecule has 1 fully saturated rings. The molecule has 0 aromatic heterocycles. The Kier molecular flexibility index (Phi) is 6.54. The molecule has 0 radical (unpaired) electrons. The van der Waals surface area contributed by atoms with E-state index in [2.05, 4.69) is 42.3 Å². The molecule has 0 amide bonds. The summed E-state index contributed by atoms with van der Waals surface area (Å²) in [5.41, 5.74) is 4.26. The molecule has 6 heteroatoms. The molecule has 1 aliphatic heterocycles. The molecule has 1 atom stereocenters. The van der Waals surface area contributed by atoms with Crippen LogP contribution in [0.1, 0.15) is 36.6 Å². The molecule has 0 unspecified atom stereocenters. The standard InChI is InChI=1S/C22H26Cl2N2O2/c1-13(2)21(15-4-6-19(23)14(3)8-15)25-18-5-7-20(24)16(9-18)10-26-11-17(12-26)22(27)28/h4-9,13,17,21,25H,10-12H2,1-3H3,(H,27,28)/t21-/m1/s1. The minimum atomic E-state index is -0.726. The topological polar surface area (TPSA) is 52.6 Å². The van der Waals surface area contributed by atoms with E-state index in [-0.39, 0.29) is 12.0 Å². The number of carbonyl (C=O) groups is 1. The summed E-state index contributed by atoms with van der Waals surface area (Å²) in [7, 11) is 0. The quantitative estimate of drug-likeness (QED) is 0.609. The van der Waals surface area contributed by atoms with Crippen molar-refractivity contribution in [1.29, 1.82) is 0 Å². The average molecular weight is 421 g/mol. The molecule has 2 aromatic carbocycles. The number of anilines is 1. The first-order valence-electron chi connectivity index (χ1n) is 9.50. The van der Waals surface area contributed by atoms with Gasteiger partial charge >= 0.3 is 5.97 Å². The van der Waals surface area contributed by atoms with Gasteiger partial charge < -0.3 is 10.4 Å². The summed E-state index contributed by atoms with van der Waals surface area (Å²) >= 11 is 12.6. The van der Waals surface area contributed by atoms with Crippen LogP contribution in [0, 0.1) is 18.8 Å². The van der Waals surface area contributed by atoms with Gasteiger partial charge in [-0.2, -0.15) is 0 Å². The van der Waals surface area contributed by atoms with Gasteiger partial charge in [0.15, 0.2) is 0 Å². The number of nitrogens with one attached hydrogen (secondary N) is 1. The highest BCUT2D eigenvalue weighted by molar-refractivity contribution is 6.31. The van der Waals surface area contributed by atoms with Gasteiger partial charge in [-0.05, 0) is 53.8 Å². The van der Waals surface area contributed by atoms with Crippen molar-refractivity contribution in [2.75, 3.05) is 18.4 Å². The number of likely N-dealkylation sites (tertiary alicyclic amines) is 1. The van der Waals surface area contributed by atoms with E-state index in [0.29, 0.717) is 30.6 Å². The molecule has 2 aromatic rings. The Morgan fingerprint density at radius 1 is 1.18 bits per heavy atom. The Morgan fingerprint density at radius 3 is 2.46 bits per heavy atom. The minimum absolute atomic E-state index is 0.144. The predicted octanol–water partition coefficient (Wildman–Crippen LogP) is 5.63. The number of hydrogen-bond acceptors (Lipinski definition) is 3. The van der Waals surface area contributed by atoms with Crippen LogP contribution in [-0.2, 0) is 11.3 Å². The number of carboxylic acid groups (broad SMARTS) is 1. The summed E-state index contributed by atoms with van der Waals surface area (Å²) in [6, 6.07) is 12.2. The smallest absolute Gasteiger partial charge is 0.309 e. The van der Waals surface area contributed by atoms with Crippen LogP contribution in [0.5, 0.6) is 0 Å². The van der Waals surface area contributed by atoms with E-state index < -0.39 is 5.97 Å². The molecule has 28 heavy (non-hydrogen) atoms. The molecule has 2 N–H and O–H groups in total. The molecule has 0 bridgehead atoms. The van der Waals surface area contributed by atoms with E-state index in [1.807, 2.05) is 25.1 Å². The van der Waals surface area contributed by atoms with Gasteiger partial charge in [0.2, 0.25) is 0 Å². The lowest BCUT2D eigenvalue weighted by Gasteiger charge is -2.36. The second kappa shape index (κ2) is 8.73. The molecule has 0 spiro atoms. The third kappa shape index (κ3) is 4.80. The third-order valence-electron chi connectivity index (χ3n) is 5.28. The Morgan fingerprint density at radius 2 is 1.86 bits per heavy atom. The van der Waals surface area contributed by atoms with Crippen LogP contribution in [0.3, 0.4) is 0 Å². The van der Waals surface area contributed by atoms with Crippen LogP contribution < -0.4 is 5.32 Å². The van der Waals surface area contributed by atoms with Gasteiger partial charge in [0.05, 0.1) is 12.0 Å². The molecule has 150 valence electrons. The number of carboxylic acids is 1. The van der Waals surface area contributed by atoms with E-state index in [1.54, 1.807) is 0 Å². The zero-order valence-electron chi connectivity index (χ0n) is 16.4. The number of halogens is 2. The van der Waals surface area contributed by atoms with Crippen molar-refractivity contribution < 1.29 is 9.90 Å². The lowest BCUT2D eigenvalue weighted by molar-refractivity contribution is -0.147. The Hall–Kier alpha value is -1.75. The SMILES string of the molecule is Cc1cc([C@H](Nc2ccc(Cl)c(CN3CC(C(=O)O)C3)c2)C(C)C)ccc1Cl. The first-order valence-corrected chi connectivity index (χ1v) is 10.3. The Labute approximate surface area is 176 Å². The zero-order chi connectivity index (χ0) is 20.4. The normalized spacial score (nSPS) is 16.1. The van der Waals surface area contributed by atoms with Gasteiger partial charge in [-0.1, -0.05) is 49.2 Å². The van der Waals surface area contributed by atoms with Crippen LogP contribution in [-0.4, -0.2) is 29.1 Å². The number of benzene rings is 2. The highest BCUT2D eigenvalue weighted by Crippen LogP contribution is 2.31. The maximum absolute atomic E-state index is 11.0. The maximum Gasteiger partial charge on any atom is 0.309 e. The number of aryl methyl sites for hydroxylation is 1.